The topological polar surface area (TPSA) is 49.8 Å². The van der Waals surface area contributed by atoms with Crippen LogP contribution in [0, 0.1) is 5.92 Å². The van der Waals surface area contributed by atoms with Crippen molar-refractivity contribution in [3.8, 4) is 0 Å². The molecule has 4 nitrogen and oxygen atoms in total. The molecule has 4 heteroatoms. The van der Waals surface area contributed by atoms with Crippen LogP contribution < -0.4 is 0 Å². The largest absolute Gasteiger partial charge is 0.462 e. The van der Waals surface area contributed by atoms with E-state index in [1.165, 1.54) is 50.0 Å². The molecular formula is C30H43NO3. The van der Waals surface area contributed by atoms with Gasteiger partial charge in [0.15, 0.2) is 0 Å². The van der Waals surface area contributed by atoms with Crippen LogP contribution in [0.5, 0.6) is 0 Å². The Kier molecular flexibility index (Phi) is 11.1. The van der Waals surface area contributed by atoms with Gasteiger partial charge in [-0.2, -0.15) is 5.06 Å². The van der Waals surface area contributed by atoms with Gasteiger partial charge in [-0.3, -0.25) is 4.79 Å². The maximum atomic E-state index is 12.7. The zero-order chi connectivity index (χ0) is 24.2. The highest BCUT2D eigenvalue weighted by molar-refractivity contribution is 5.69. The number of esters is 1. The van der Waals surface area contributed by atoms with E-state index in [0.717, 1.165) is 24.0 Å². The van der Waals surface area contributed by atoms with E-state index >= 15 is 0 Å². The lowest BCUT2D eigenvalue weighted by Gasteiger charge is -2.45. The van der Waals surface area contributed by atoms with Gasteiger partial charge in [-0.15, -0.1) is 0 Å². The van der Waals surface area contributed by atoms with Crippen LogP contribution in [0.15, 0.2) is 60.7 Å². The smallest absolute Gasteiger partial charge is 0.306 e. The summed E-state index contributed by atoms with van der Waals surface area (Å²) < 4.78 is 6.05. The molecular weight excluding hydrogens is 422 g/mol. The Hall–Kier alpha value is -2.17. The van der Waals surface area contributed by atoms with E-state index in [9.17, 15) is 10.0 Å². The molecule has 1 heterocycles. The third-order valence-corrected chi connectivity index (χ3v) is 7.24. The lowest BCUT2D eigenvalue weighted by Crippen LogP contribution is -2.46. The first-order valence-electron chi connectivity index (χ1n) is 13.4. The van der Waals surface area contributed by atoms with Gasteiger partial charge in [-0.25, -0.2) is 0 Å². The maximum Gasteiger partial charge on any atom is 0.306 e. The van der Waals surface area contributed by atoms with E-state index in [1.807, 2.05) is 60.7 Å². The normalized spacial score (nSPS) is 23.0. The van der Waals surface area contributed by atoms with Crippen molar-refractivity contribution < 1.29 is 14.7 Å². The van der Waals surface area contributed by atoms with Gasteiger partial charge in [0, 0.05) is 18.8 Å². The number of piperidine rings is 1. The van der Waals surface area contributed by atoms with Crippen molar-refractivity contribution in [2.75, 3.05) is 0 Å². The highest BCUT2D eigenvalue weighted by Gasteiger charge is 2.43. The molecule has 4 unspecified atom stereocenters. The van der Waals surface area contributed by atoms with Crippen molar-refractivity contribution >= 4 is 5.97 Å². The highest BCUT2D eigenvalue weighted by Crippen LogP contribution is 2.44. The molecule has 1 aliphatic rings. The van der Waals surface area contributed by atoms with Crippen LogP contribution in [0.2, 0.25) is 0 Å². The first kappa shape index (κ1) is 26.4. The van der Waals surface area contributed by atoms with Gasteiger partial charge in [-0.1, -0.05) is 126 Å². The Bertz CT molecular complexity index is 825. The van der Waals surface area contributed by atoms with Gasteiger partial charge in [0.05, 0.1) is 12.1 Å². The number of carbonyl (C=O) groups is 1. The molecule has 2 aromatic rings. The summed E-state index contributed by atoms with van der Waals surface area (Å²) in [6.45, 7) is 4.33. The monoisotopic (exact) mass is 465 g/mol. The Balaban J connectivity index is 1.55. The number of nitrogens with zero attached hydrogens (tertiary/aromatic N) is 1. The van der Waals surface area contributed by atoms with Gasteiger partial charge in [0.2, 0.25) is 0 Å². The molecule has 1 N–H and O–H groups in total. The number of rotatable bonds is 13. The van der Waals surface area contributed by atoms with Crippen LogP contribution in [0.3, 0.4) is 0 Å². The molecule has 0 spiro atoms. The summed E-state index contributed by atoms with van der Waals surface area (Å²) in [5.74, 6) is -0.121. The molecule has 34 heavy (non-hydrogen) atoms. The molecule has 0 radical (unpaired) electrons. The summed E-state index contributed by atoms with van der Waals surface area (Å²) in [7, 11) is 0. The van der Waals surface area contributed by atoms with Crippen molar-refractivity contribution in [3.63, 3.8) is 0 Å². The molecule has 3 rings (SSSR count). The highest BCUT2D eigenvalue weighted by atomic mass is 16.5. The molecule has 186 valence electrons. The summed E-state index contributed by atoms with van der Waals surface area (Å²) in [5, 5.41) is 12.7. The fraction of sp³-hybridized carbons (Fsp3) is 0.567. The van der Waals surface area contributed by atoms with E-state index in [0.29, 0.717) is 12.8 Å². The second-order valence-electron chi connectivity index (χ2n) is 9.86. The third-order valence-electron chi connectivity index (χ3n) is 7.24. The molecule has 1 aliphatic heterocycles. The van der Waals surface area contributed by atoms with Gasteiger partial charge >= 0.3 is 5.97 Å². The van der Waals surface area contributed by atoms with Crippen molar-refractivity contribution in [2.24, 2.45) is 5.92 Å². The number of unbranched alkanes of at least 4 members (excludes halogenated alkanes) is 8. The average molecular weight is 466 g/mol. The first-order chi connectivity index (χ1) is 16.6. The van der Waals surface area contributed by atoms with Crippen molar-refractivity contribution in [1.82, 2.24) is 5.06 Å². The lowest BCUT2D eigenvalue weighted by atomic mass is 9.80. The average Bonchev–Trinajstić information content (AvgIpc) is 2.86. The molecule has 1 fully saturated rings. The number of carbonyl (C=O) groups excluding carboxylic acids is 1. The zero-order valence-corrected chi connectivity index (χ0v) is 21.1. The minimum absolute atomic E-state index is 0.0144. The summed E-state index contributed by atoms with van der Waals surface area (Å²) in [5.41, 5.74) is 2.08. The van der Waals surface area contributed by atoms with E-state index in [4.69, 9.17) is 4.74 Å². The first-order valence-corrected chi connectivity index (χ1v) is 13.4. The SMILES string of the molecule is CCCCCCCCCCCC(=O)OC1CC(c2ccccc2)N(O)C(c2ccccc2)C1C. The molecule has 0 saturated carbocycles. The van der Waals surface area contributed by atoms with Crippen LogP contribution in [0.4, 0.5) is 0 Å². The van der Waals surface area contributed by atoms with Crippen LogP contribution in [0.1, 0.15) is 108 Å². The molecule has 1 saturated heterocycles. The second-order valence-corrected chi connectivity index (χ2v) is 9.86. The van der Waals surface area contributed by atoms with Crippen molar-refractivity contribution in [3.05, 3.63) is 71.8 Å². The summed E-state index contributed by atoms with van der Waals surface area (Å²) in [4.78, 5) is 12.7. The fourth-order valence-corrected chi connectivity index (χ4v) is 5.21. The van der Waals surface area contributed by atoms with Crippen LogP contribution in [0.25, 0.3) is 0 Å². The lowest BCUT2D eigenvalue weighted by molar-refractivity contribution is -0.224. The Morgan fingerprint density at radius 2 is 1.38 bits per heavy atom. The Morgan fingerprint density at radius 1 is 0.853 bits per heavy atom. The second kappa shape index (κ2) is 14.3. The van der Waals surface area contributed by atoms with Gasteiger partial charge in [0.25, 0.3) is 0 Å². The number of hydrogen-bond acceptors (Lipinski definition) is 4. The quantitative estimate of drug-likeness (QED) is 0.240. The summed E-state index contributed by atoms with van der Waals surface area (Å²) in [6, 6.07) is 19.6. The Morgan fingerprint density at radius 3 is 1.97 bits per heavy atom. The van der Waals surface area contributed by atoms with Gasteiger partial charge in [-0.05, 0) is 17.5 Å². The van der Waals surface area contributed by atoms with Crippen molar-refractivity contribution in [1.29, 1.82) is 0 Å². The van der Waals surface area contributed by atoms with Crippen LogP contribution in [-0.4, -0.2) is 22.3 Å². The molecule has 0 aliphatic carbocycles. The van der Waals surface area contributed by atoms with Crippen LogP contribution in [-0.2, 0) is 9.53 Å². The standard InChI is InChI=1S/C30H43NO3/c1-3-4-5-6-7-8-9-10-17-22-29(32)34-28-23-27(25-18-13-11-14-19-25)31(33)30(24(28)2)26-20-15-12-16-21-26/h11-16,18-21,24,27-28,30,33H,3-10,17,22-23H2,1-2H3. The van der Waals surface area contributed by atoms with E-state index < -0.39 is 0 Å². The number of hydroxylamine groups is 2. The molecule has 0 bridgehead atoms. The summed E-state index contributed by atoms with van der Waals surface area (Å²) in [6.07, 6.45) is 11.9. The van der Waals surface area contributed by atoms with E-state index in [-0.39, 0.29) is 30.1 Å². The maximum absolute atomic E-state index is 12.7. The van der Waals surface area contributed by atoms with Gasteiger partial charge < -0.3 is 9.94 Å². The Labute approximate surface area is 206 Å². The fourth-order valence-electron chi connectivity index (χ4n) is 5.21. The molecule has 0 aromatic heterocycles. The zero-order valence-electron chi connectivity index (χ0n) is 21.1. The molecule has 4 atom stereocenters. The van der Waals surface area contributed by atoms with E-state index in [1.54, 1.807) is 0 Å². The predicted molar refractivity (Wildman–Crippen MR) is 137 cm³/mol. The van der Waals surface area contributed by atoms with Gasteiger partial charge in [0.1, 0.15) is 6.10 Å². The van der Waals surface area contributed by atoms with Crippen molar-refractivity contribution in [2.45, 2.75) is 103 Å². The minimum Gasteiger partial charge on any atom is -0.462 e. The summed E-state index contributed by atoms with van der Waals surface area (Å²) >= 11 is 0. The minimum atomic E-state index is -0.232. The number of ether oxygens (including phenoxy) is 1. The molecule has 2 aromatic carbocycles. The third kappa shape index (κ3) is 7.68. The number of hydrogen-bond donors (Lipinski definition) is 1. The van der Waals surface area contributed by atoms with Crippen LogP contribution >= 0.6 is 0 Å². The molecule has 0 amide bonds. The number of benzene rings is 2. The van der Waals surface area contributed by atoms with E-state index in [2.05, 4.69) is 13.8 Å². The predicted octanol–water partition coefficient (Wildman–Crippen LogP) is 8.03.